The molecule has 0 atom stereocenters. The molecule has 0 aliphatic rings. The first kappa shape index (κ1) is 16.5. The van der Waals surface area contributed by atoms with Crippen LogP contribution < -0.4 is 10.6 Å². The van der Waals surface area contributed by atoms with E-state index in [0.29, 0.717) is 22.8 Å². The lowest BCUT2D eigenvalue weighted by Gasteiger charge is -2.08. The summed E-state index contributed by atoms with van der Waals surface area (Å²) in [5, 5.41) is 5.62. The highest BCUT2D eigenvalue weighted by Gasteiger charge is 2.07. The summed E-state index contributed by atoms with van der Waals surface area (Å²) < 4.78 is 12.3. The SMILES string of the molecule is Cc1cccc(Nc2cncc(-c3cncc(NC(=O)CF)c3)n2)c1. The molecule has 1 amide bonds. The third-order valence-corrected chi connectivity index (χ3v) is 3.36. The lowest BCUT2D eigenvalue weighted by molar-refractivity contribution is -0.117. The second-order valence-electron chi connectivity index (χ2n) is 5.43. The van der Waals surface area contributed by atoms with Gasteiger partial charge in [-0.3, -0.25) is 14.8 Å². The van der Waals surface area contributed by atoms with Crippen LogP contribution in [0.15, 0.2) is 55.1 Å². The molecular formula is C18H16FN5O. The third kappa shape index (κ3) is 4.35. The smallest absolute Gasteiger partial charge is 0.255 e. The van der Waals surface area contributed by atoms with E-state index in [2.05, 4.69) is 25.6 Å². The fourth-order valence-electron chi connectivity index (χ4n) is 2.28. The van der Waals surface area contributed by atoms with E-state index in [1.807, 2.05) is 31.2 Å². The Morgan fingerprint density at radius 1 is 1.08 bits per heavy atom. The van der Waals surface area contributed by atoms with Crippen LogP contribution in [-0.4, -0.2) is 27.5 Å². The van der Waals surface area contributed by atoms with Crippen LogP contribution in [0.3, 0.4) is 0 Å². The zero-order valence-electron chi connectivity index (χ0n) is 13.5. The number of amides is 1. The minimum absolute atomic E-state index is 0.402. The maximum atomic E-state index is 12.3. The van der Waals surface area contributed by atoms with Crippen molar-refractivity contribution in [2.45, 2.75) is 6.92 Å². The van der Waals surface area contributed by atoms with Crippen LogP contribution in [0.2, 0.25) is 0 Å². The number of nitrogens with one attached hydrogen (secondary N) is 2. The van der Waals surface area contributed by atoms with E-state index in [9.17, 15) is 9.18 Å². The van der Waals surface area contributed by atoms with E-state index in [1.54, 1.807) is 24.7 Å². The van der Waals surface area contributed by atoms with E-state index in [1.165, 1.54) is 6.20 Å². The van der Waals surface area contributed by atoms with Gasteiger partial charge in [-0.2, -0.15) is 0 Å². The quantitative estimate of drug-likeness (QED) is 0.745. The van der Waals surface area contributed by atoms with Crippen molar-refractivity contribution in [1.82, 2.24) is 15.0 Å². The van der Waals surface area contributed by atoms with Crippen LogP contribution in [0.5, 0.6) is 0 Å². The maximum absolute atomic E-state index is 12.3. The van der Waals surface area contributed by atoms with E-state index >= 15 is 0 Å². The predicted octanol–water partition coefficient (Wildman–Crippen LogP) is 3.50. The zero-order valence-corrected chi connectivity index (χ0v) is 13.5. The fraction of sp³-hybridized carbons (Fsp3) is 0.111. The molecule has 0 aliphatic heterocycles. The van der Waals surface area contributed by atoms with E-state index in [-0.39, 0.29) is 0 Å². The van der Waals surface area contributed by atoms with Gasteiger partial charge in [0.1, 0.15) is 5.82 Å². The predicted molar refractivity (Wildman–Crippen MR) is 94.3 cm³/mol. The Hall–Kier alpha value is -3.35. The van der Waals surface area contributed by atoms with Crippen LogP contribution in [0, 0.1) is 6.92 Å². The fourth-order valence-corrected chi connectivity index (χ4v) is 2.28. The van der Waals surface area contributed by atoms with Gasteiger partial charge in [-0.15, -0.1) is 0 Å². The molecule has 25 heavy (non-hydrogen) atoms. The van der Waals surface area contributed by atoms with Crippen LogP contribution in [0.25, 0.3) is 11.3 Å². The molecule has 0 unspecified atom stereocenters. The molecule has 0 radical (unpaired) electrons. The molecule has 0 aliphatic carbocycles. The first-order chi connectivity index (χ1) is 12.1. The number of nitrogens with zero attached hydrogens (tertiary/aromatic N) is 3. The number of anilines is 3. The summed E-state index contributed by atoms with van der Waals surface area (Å²) in [5.41, 5.74) is 3.70. The average Bonchev–Trinajstić information content (AvgIpc) is 2.62. The third-order valence-electron chi connectivity index (χ3n) is 3.36. The highest BCUT2D eigenvalue weighted by molar-refractivity contribution is 5.92. The summed E-state index contributed by atoms with van der Waals surface area (Å²) in [6.07, 6.45) is 6.26. The second kappa shape index (κ2) is 7.48. The molecule has 0 saturated heterocycles. The average molecular weight is 337 g/mol. The zero-order chi connectivity index (χ0) is 17.6. The van der Waals surface area contributed by atoms with Crippen LogP contribution in [0.4, 0.5) is 21.6 Å². The Kier molecular flexibility index (Phi) is 4.94. The van der Waals surface area contributed by atoms with Gasteiger partial charge in [0.15, 0.2) is 6.67 Å². The second-order valence-corrected chi connectivity index (χ2v) is 5.43. The molecule has 0 saturated carbocycles. The molecule has 2 N–H and O–H groups in total. The van der Waals surface area contributed by atoms with E-state index < -0.39 is 12.6 Å². The van der Waals surface area contributed by atoms with E-state index in [4.69, 9.17) is 0 Å². The van der Waals surface area contributed by atoms with Crippen molar-refractivity contribution in [3.63, 3.8) is 0 Å². The Morgan fingerprint density at radius 2 is 1.92 bits per heavy atom. The van der Waals surface area contributed by atoms with Gasteiger partial charge in [0.25, 0.3) is 5.91 Å². The van der Waals surface area contributed by atoms with Gasteiger partial charge < -0.3 is 10.6 Å². The molecule has 7 heteroatoms. The standard InChI is InChI=1S/C18H16FN5O/c1-12-3-2-4-14(5-12)22-17-11-21-10-16(24-17)13-6-15(9-20-8-13)23-18(25)7-19/h2-6,8-11H,7H2,1H3,(H,22,24)(H,23,25). The monoisotopic (exact) mass is 337 g/mol. The summed E-state index contributed by atoms with van der Waals surface area (Å²) >= 11 is 0. The van der Waals surface area contributed by atoms with Gasteiger partial charge in [-0.1, -0.05) is 12.1 Å². The molecule has 6 nitrogen and oxygen atoms in total. The summed E-state index contributed by atoms with van der Waals surface area (Å²) in [7, 11) is 0. The van der Waals surface area contributed by atoms with Crippen molar-refractivity contribution in [3.05, 3.63) is 60.7 Å². The molecule has 126 valence electrons. The normalized spacial score (nSPS) is 10.3. The molecule has 3 rings (SSSR count). The molecule has 0 spiro atoms. The Morgan fingerprint density at radius 3 is 2.72 bits per heavy atom. The summed E-state index contributed by atoms with van der Waals surface area (Å²) in [5.74, 6) is -0.138. The number of pyridine rings is 1. The number of benzene rings is 1. The molecular weight excluding hydrogens is 321 g/mol. The van der Waals surface area contributed by atoms with E-state index in [0.717, 1.165) is 11.3 Å². The molecule has 0 bridgehead atoms. The Balaban J connectivity index is 1.84. The molecule has 2 aromatic heterocycles. The first-order valence-electron chi connectivity index (χ1n) is 7.61. The number of hydrogen-bond acceptors (Lipinski definition) is 5. The maximum Gasteiger partial charge on any atom is 0.255 e. The molecule has 1 aromatic carbocycles. The number of carbonyl (C=O) groups excluding carboxylic acids is 1. The number of alkyl halides is 1. The number of halogens is 1. The summed E-state index contributed by atoms with van der Waals surface area (Å²) in [6.45, 7) is 0.927. The van der Waals surface area contributed by atoms with Crippen LogP contribution >= 0.6 is 0 Å². The Bertz CT molecular complexity index is 900. The van der Waals surface area contributed by atoms with Crippen molar-refractivity contribution in [2.75, 3.05) is 17.3 Å². The molecule has 3 aromatic rings. The van der Waals surface area contributed by atoms with Crippen molar-refractivity contribution >= 4 is 23.1 Å². The number of carbonyl (C=O) groups is 1. The van der Waals surface area contributed by atoms with Crippen molar-refractivity contribution in [3.8, 4) is 11.3 Å². The van der Waals surface area contributed by atoms with Gasteiger partial charge in [0, 0.05) is 17.4 Å². The molecule has 2 heterocycles. The first-order valence-corrected chi connectivity index (χ1v) is 7.61. The van der Waals surface area contributed by atoms with Gasteiger partial charge in [-0.05, 0) is 30.7 Å². The highest BCUT2D eigenvalue weighted by Crippen LogP contribution is 2.22. The van der Waals surface area contributed by atoms with Crippen LogP contribution in [-0.2, 0) is 4.79 Å². The van der Waals surface area contributed by atoms with Gasteiger partial charge in [0.2, 0.25) is 0 Å². The van der Waals surface area contributed by atoms with Crippen LogP contribution in [0.1, 0.15) is 5.56 Å². The summed E-state index contributed by atoms with van der Waals surface area (Å²) in [6, 6.07) is 9.58. The van der Waals surface area contributed by atoms with Gasteiger partial charge in [0.05, 0.1) is 30.0 Å². The summed E-state index contributed by atoms with van der Waals surface area (Å²) in [4.78, 5) is 23.9. The Labute approximate surface area is 144 Å². The lowest BCUT2D eigenvalue weighted by Crippen LogP contribution is -2.13. The van der Waals surface area contributed by atoms with Crippen molar-refractivity contribution in [2.24, 2.45) is 0 Å². The number of aryl methyl sites for hydroxylation is 1. The minimum Gasteiger partial charge on any atom is -0.339 e. The highest BCUT2D eigenvalue weighted by atomic mass is 19.1. The molecule has 0 fully saturated rings. The lowest BCUT2D eigenvalue weighted by atomic mass is 10.2. The number of aromatic nitrogens is 3. The van der Waals surface area contributed by atoms with Crippen molar-refractivity contribution < 1.29 is 9.18 Å². The number of hydrogen-bond donors (Lipinski definition) is 2. The van der Waals surface area contributed by atoms with Crippen molar-refractivity contribution in [1.29, 1.82) is 0 Å². The minimum atomic E-state index is -1.08. The topological polar surface area (TPSA) is 79.8 Å². The largest absolute Gasteiger partial charge is 0.339 e. The number of rotatable bonds is 5. The van der Waals surface area contributed by atoms with Gasteiger partial charge in [-0.25, -0.2) is 9.37 Å². The van der Waals surface area contributed by atoms with Gasteiger partial charge >= 0.3 is 0 Å².